The zero-order chi connectivity index (χ0) is 16.5. The van der Waals surface area contributed by atoms with E-state index in [1.807, 2.05) is 0 Å². The Bertz CT molecular complexity index is 756. The number of rotatable bonds is 5. The summed E-state index contributed by atoms with van der Waals surface area (Å²) < 4.78 is 1.37. The molecule has 0 aliphatic heterocycles. The van der Waals surface area contributed by atoms with E-state index < -0.39 is 0 Å². The quantitative estimate of drug-likeness (QED) is 0.471. The van der Waals surface area contributed by atoms with Crippen LogP contribution in [-0.2, 0) is 0 Å². The number of fused-ring (bicyclic) bond motifs is 2. The van der Waals surface area contributed by atoms with Gasteiger partial charge < -0.3 is 25.8 Å². The molecule has 0 saturated heterocycles. The maximum Gasteiger partial charge on any atom is 0.482 e. The van der Waals surface area contributed by atoms with Gasteiger partial charge in [0.2, 0.25) is 0 Å². The van der Waals surface area contributed by atoms with Gasteiger partial charge in [0, 0.05) is 0 Å². The second kappa shape index (κ2) is 7.97. The fraction of sp³-hybridized carbons (Fsp3) is 0.200. The highest BCUT2D eigenvalue weighted by Crippen LogP contribution is 2.43. The van der Waals surface area contributed by atoms with Crippen molar-refractivity contribution in [1.82, 2.24) is 0 Å². The van der Waals surface area contributed by atoms with Crippen molar-refractivity contribution >= 4 is 74.3 Å². The van der Waals surface area contributed by atoms with Gasteiger partial charge in [0.15, 0.2) is 0 Å². The average molecular weight is 465 g/mol. The van der Waals surface area contributed by atoms with Crippen molar-refractivity contribution in [3.05, 3.63) is 81.9 Å². The van der Waals surface area contributed by atoms with Crippen LogP contribution in [0.1, 0.15) is 43.2 Å². The van der Waals surface area contributed by atoms with Gasteiger partial charge in [0.05, 0.1) is 0 Å². The standard InChI is InChI=1S/C20H16.2BrH.2Mg/c1-2-6-18-12-15(11-17(18)5-1)9-10-16-13-19-7-3-4-8-20(19)14-16;;;;/h1-8,11-14H,9-10H2;2*1H;;/q;;;2*+1/p-2. The van der Waals surface area contributed by atoms with E-state index in [4.69, 9.17) is 0 Å². The van der Waals surface area contributed by atoms with Crippen molar-refractivity contribution in [2.75, 3.05) is 0 Å². The van der Waals surface area contributed by atoms with Crippen LogP contribution in [-0.4, -0.2) is 36.4 Å². The van der Waals surface area contributed by atoms with Gasteiger partial charge in [-0.25, -0.2) is 0 Å². The first kappa shape index (κ1) is 17.8. The van der Waals surface area contributed by atoms with E-state index in [1.165, 1.54) is 24.0 Å². The van der Waals surface area contributed by atoms with Crippen molar-refractivity contribution < 1.29 is 0 Å². The lowest BCUT2D eigenvalue weighted by molar-refractivity contribution is 0.866. The zero-order valence-corrected chi connectivity index (χ0v) is 19.5. The summed E-state index contributed by atoms with van der Waals surface area (Å²) in [6.45, 7) is 0. The Hall–Kier alpha value is 0.412. The van der Waals surface area contributed by atoms with Crippen LogP contribution in [0, 0.1) is 0 Å². The summed E-state index contributed by atoms with van der Waals surface area (Å²) in [7, 11) is 0. The number of benzene rings is 2. The number of allylic oxidation sites excluding steroid dienone is 2. The fourth-order valence-corrected chi connectivity index (χ4v) is 10.8. The topological polar surface area (TPSA) is 0 Å². The molecular weight excluding hydrogens is 449 g/mol. The molecule has 0 bridgehead atoms. The predicted octanol–water partition coefficient (Wildman–Crippen LogP) is 6.07. The van der Waals surface area contributed by atoms with Gasteiger partial charge in [0.25, 0.3) is 0 Å². The van der Waals surface area contributed by atoms with Gasteiger partial charge in [-0.2, -0.15) is 0 Å². The molecule has 0 heterocycles. The van der Waals surface area contributed by atoms with E-state index in [0.717, 1.165) is 0 Å². The molecule has 0 spiro atoms. The van der Waals surface area contributed by atoms with Crippen LogP contribution in [0.2, 0.25) is 0 Å². The second-order valence-electron chi connectivity index (χ2n) is 6.61. The minimum absolute atomic E-state index is 0.254. The molecule has 2 aliphatic rings. The molecule has 2 aromatic carbocycles. The highest BCUT2D eigenvalue weighted by molar-refractivity contribution is 9.23. The molecule has 0 fully saturated rings. The van der Waals surface area contributed by atoms with E-state index in [9.17, 15) is 0 Å². The molecule has 2 aliphatic carbocycles. The maximum atomic E-state index is 3.87. The average Bonchev–Trinajstić information content (AvgIpc) is 3.16. The molecule has 2 unspecified atom stereocenters. The largest absolute Gasteiger partial charge is 0.482 e. The molecule has 0 aromatic heterocycles. The summed E-state index contributed by atoms with van der Waals surface area (Å²) in [6.07, 6.45) is 7.32. The van der Waals surface area contributed by atoms with Crippen LogP contribution in [0.3, 0.4) is 0 Å². The van der Waals surface area contributed by atoms with Crippen LogP contribution in [0.5, 0.6) is 0 Å². The molecule has 4 rings (SSSR count). The Morgan fingerprint density at radius 3 is 1.50 bits per heavy atom. The molecule has 2 aromatic rings. The Morgan fingerprint density at radius 1 is 0.667 bits per heavy atom. The van der Waals surface area contributed by atoms with Crippen LogP contribution >= 0.6 is 25.8 Å². The molecule has 0 radical (unpaired) electrons. The van der Waals surface area contributed by atoms with Crippen LogP contribution in [0.25, 0.3) is 12.2 Å². The summed E-state index contributed by atoms with van der Waals surface area (Å²) in [6, 6.07) is 17.9. The SMILES string of the molecule is [Br][Mg][CH]1C(CCC2=Cc3ccccc3[CH]2[Mg][Br])=Cc2ccccc21. The zero-order valence-electron chi connectivity index (χ0n) is 13.5. The summed E-state index contributed by atoms with van der Waals surface area (Å²) in [5.74, 6) is 0. The first-order valence-electron chi connectivity index (χ1n) is 8.52. The Kier molecular flexibility index (Phi) is 5.91. The van der Waals surface area contributed by atoms with Gasteiger partial charge in [-0.1, -0.05) is 91.1 Å². The van der Waals surface area contributed by atoms with Crippen molar-refractivity contribution in [3.63, 3.8) is 0 Å². The first-order valence-corrected chi connectivity index (χ1v) is 18.0. The Labute approximate surface area is 175 Å². The van der Waals surface area contributed by atoms with E-state index in [0.29, 0.717) is 8.09 Å². The number of hydrogen-bond donors (Lipinski definition) is 0. The molecule has 0 amide bonds. The summed E-state index contributed by atoms with van der Waals surface area (Å²) >= 11 is 7.24. The monoisotopic (exact) mass is 462 g/mol. The summed E-state index contributed by atoms with van der Waals surface area (Å²) in [4.78, 5) is 0. The normalized spacial score (nSPS) is 20.6. The van der Waals surface area contributed by atoms with Crippen LogP contribution < -0.4 is 0 Å². The summed E-state index contributed by atoms with van der Waals surface area (Å²) in [5, 5.41) is 0. The van der Waals surface area contributed by atoms with Gasteiger partial charge >= 0.3 is 36.4 Å². The van der Waals surface area contributed by atoms with Gasteiger partial charge in [-0.15, -0.1) is 0 Å². The third-order valence-electron chi connectivity index (χ3n) is 5.33. The highest BCUT2D eigenvalue weighted by atomic mass is 79.9. The molecule has 24 heavy (non-hydrogen) atoms. The minimum Gasteiger partial charge on any atom is -0.305 e. The molecule has 0 saturated carbocycles. The van der Waals surface area contributed by atoms with E-state index in [-0.39, 0.29) is 36.4 Å². The van der Waals surface area contributed by atoms with Crippen molar-refractivity contribution in [1.29, 1.82) is 0 Å². The molecule has 0 N–H and O–H groups in total. The first-order chi connectivity index (χ1) is 11.8. The lowest BCUT2D eigenvalue weighted by atomic mass is 10.0. The van der Waals surface area contributed by atoms with E-state index in [2.05, 4.69) is 86.5 Å². The lowest BCUT2D eigenvalue weighted by Crippen LogP contribution is -2.06. The number of halogens is 2. The van der Waals surface area contributed by atoms with Crippen LogP contribution in [0.4, 0.5) is 0 Å². The Morgan fingerprint density at radius 2 is 1.08 bits per heavy atom. The van der Waals surface area contributed by atoms with Gasteiger partial charge in [0.1, 0.15) is 0 Å². The van der Waals surface area contributed by atoms with Crippen LogP contribution in [0.15, 0.2) is 59.7 Å². The minimum atomic E-state index is -0.254. The summed E-state index contributed by atoms with van der Waals surface area (Å²) in [5.41, 5.74) is 9.27. The molecule has 0 nitrogen and oxygen atoms in total. The maximum absolute atomic E-state index is 3.87. The van der Waals surface area contributed by atoms with E-state index in [1.54, 1.807) is 22.3 Å². The van der Waals surface area contributed by atoms with Crippen molar-refractivity contribution in [2.45, 2.75) is 20.9 Å². The molecule has 4 heteroatoms. The van der Waals surface area contributed by atoms with E-state index >= 15 is 0 Å². The van der Waals surface area contributed by atoms with Crippen molar-refractivity contribution in [3.8, 4) is 0 Å². The predicted molar refractivity (Wildman–Crippen MR) is 113 cm³/mol. The van der Waals surface area contributed by atoms with Gasteiger partial charge in [-0.05, 0) is 24.0 Å². The third kappa shape index (κ3) is 3.35. The Balaban J connectivity index is 1.52. The van der Waals surface area contributed by atoms with Crippen molar-refractivity contribution in [2.24, 2.45) is 0 Å². The highest BCUT2D eigenvalue weighted by Gasteiger charge is 2.28. The van der Waals surface area contributed by atoms with Gasteiger partial charge in [-0.3, -0.25) is 0 Å². The number of hydrogen-bond acceptors (Lipinski definition) is 0. The fourth-order valence-electron chi connectivity index (χ4n) is 4.07. The smallest absolute Gasteiger partial charge is 0.305 e. The molecule has 114 valence electrons. The molecular formula is C20H16Br2Mg2. The second-order valence-corrected chi connectivity index (χ2v) is 12.7. The third-order valence-corrected chi connectivity index (χ3v) is 11.8. The lowest BCUT2D eigenvalue weighted by Gasteiger charge is -2.17. The molecule has 2 atom stereocenters.